The molecule has 6 nitrogen and oxygen atoms in total. The number of likely N-dealkylation sites (N-methyl/N-ethyl adjacent to an activating group) is 1. The zero-order valence-electron chi connectivity index (χ0n) is 14.1. The average molecular weight is 324 g/mol. The number of nitrogens with zero attached hydrogens (tertiary/aromatic N) is 4. The third-order valence-electron chi connectivity index (χ3n) is 4.51. The zero-order valence-corrected chi connectivity index (χ0v) is 14.1. The van der Waals surface area contributed by atoms with E-state index in [1.54, 1.807) is 6.07 Å². The Bertz CT molecular complexity index is 555. The second-order valence-electron chi connectivity index (χ2n) is 5.64. The van der Waals surface area contributed by atoms with Gasteiger partial charge in [-0.3, -0.25) is 10.1 Å². The minimum absolute atomic E-state index is 0.150. The number of anilines is 2. The Morgan fingerprint density at radius 3 is 2.26 bits per heavy atom. The summed E-state index contributed by atoms with van der Waals surface area (Å²) in [6.07, 6.45) is 0. The molecule has 1 aromatic carbocycles. The highest BCUT2D eigenvalue weighted by Gasteiger charge is 2.26. The standard InChI is InChI=1S/C16H25FN4O2/c1-4-18-7-9-20(10-8-18)15-12-14(19(5-2)6-3)13(17)11-16(15)21(22)23/h11-12H,4-10H2,1-3H3. The van der Waals surface area contributed by atoms with Gasteiger partial charge < -0.3 is 14.7 Å². The lowest BCUT2D eigenvalue weighted by Crippen LogP contribution is -2.46. The van der Waals surface area contributed by atoms with Gasteiger partial charge in [-0.25, -0.2) is 4.39 Å². The first-order chi connectivity index (χ1) is 11.0. The normalized spacial score (nSPS) is 15.7. The third kappa shape index (κ3) is 3.72. The first-order valence-electron chi connectivity index (χ1n) is 8.21. The summed E-state index contributed by atoms with van der Waals surface area (Å²) in [5.41, 5.74) is 0.811. The minimum Gasteiger partial charge on any atom is -0.370 e. The topological polar surface area (TPSA) is 52.9 Å². The fourth-order valence-electron chi connectivity index (χ4n) is 3.05. The molecule has 1 heterocycles. The fourth-order valence-corrected chi connectivity index (χ4v) is 3.05. The zero-order chi connectivity index (χ0) is 17.0. The molecule has 0 amide bonds. The van der Waals surface area contributed by atoms with Gasteiger partial charge in [-0.15, -0.1) is 0 Å². The van der Waals surface area contributed by atoms with Gasteiger partial charge in [-0.1, -0.05) is 6.92 Å². The minimum atomic E-state index is -0.531. The van der Waals surface area contributed by atoms with Crippen molar-refractivity contribution in [1.29, 1.82) is 0 Å². The summed E-state index contributed by atoms with van der Waals surface area (Å²) in [5.74, 6) is -0.531. The van der Waals surface area contributed by atoms with Gasteiger partial charge >= 0.3 is 0 Å². The van der Waals surface area contributed by atoms with Crippen molar-refractivity contribution in [2.75, 3.05) is 55.6 Å². The Morgan fingerprint density at radius 2 is 1.78 bits per heavy atom. The summed E-state index contributed by atoms with van der Waals surface area (Å²) in [7, 11) is 0. The van der Waals surface area contributed by atoms with Gasteiger partial charge in [-0.2, -0.15) is 0 Å². The SMILES string of the molecule is CCN1CCN(c2cc(N(CC)CC)c(F)cc2[N+](=O)[O-])CC1. The van der Waals surface area contributed by atoms with Gasteiger partial charge in [0.1, 0.15) is 5.69 Å². The lowest BCUT2D eigenvalue weighted by Gasteiger charge is -2.35. The van der Waals surface area contributed by atoms with E-state index in [0.717, 1.165) is 38.8 Å². The number of piperazine rings is 1. The number of benzene rings is 1. The summed E-state index contributed by atoms with van der Waals surface area (Å²) in [4.78, 5) is 17.0. The van der Waals surface area contributed by atoms with Gasteiger partial charge in [0, 0.05) is 39.3 Å². The molecular weight excluding hydrogens is 299 g/mol. The van der Waals surface area contributed by atoms with E-state index in [0.29, 0.717) is 24.5 Å². The molecule has 7 heteroatoms. The van der Waals surface area contributed by atoms with E-state index >= 15 is 0 Å². The summed E-state index contributed by atoms with van der Waals surface area (Å²) in [6, 6.07) is 2.71. The van der Waals surface area contributed by atoms with Crippen LogP contribution in [0.25, 0.3) is 0 Å². The third-order valence-corrected chi connectivity index (χ3v) is 4.51. The molecule has 1 aliphatic heterocycles. The van der Waals surface area contributed by atoms with E-state index in [4.69, 9.17) is 0 Å². The number of nitro benzene ring substituents is 1. The Labute approximate surface area is 136 Å². The predicted molar refractivity (Wildman–Crippen MR) is 90.9 cm³/mol. The van der Waals surface area contributed by atoms with Crippen LogP contribution in [0.5, 0.6) is 0 Å². The lowest BCUT2D eigenvalue weighted by molar-refractivity contribution is -0.384. The largest absolute Gasteiger partial charge is 0.370 e. The van der Waals surface area contributed by atoms with Crippen LogP contribution in [0, 0.1) is 15.9 Å². The summed E-state index contributed by atoms with van der Waals surface area (Å²) >= 11 is 0. The molecule has 0 atom stereocenters. The second kappa shape index (κ2) is 7.59. The van der Waals surface area contributed by atoms with Crippen molar-refractivity contribution < 1.29 is 9.31 Å². The lowest BCUT2D eigenvalue weighted by atomic mass is 10.1. The molecule has 0 bridgehead atoms. The van der Waals surface area contributed by atoms with Gasteiger partial charge in [0.05, 0.1) is 16.7 Å². The highest BCUT2D eigenvalue weighted by atomic mass is 19.1. The van der Waals surface area contributed by atoms with Crippen LogP contribution in [0.1, 0.15) is 20.8 Å². The molecule has 2 rings (SSSR count). The second-order valence-corrected chi connectivity index (χ2v) is 5.64. The van der Waals surface area contributed by atoms with Crippen molar-refractivity contribution in [2.45, 2.75) is 20.8 Å². The van der Waals surface area contributed by atoms with Crippen molar-refractivity contribution in [3.8, 4) is 0 Å². The van der Waals surface area contributed by atoms with Crippen molar-refractivity contribution >= 4 is 17.1 Å². The van der Waals surface area contributed by atoms with Gasteiger partial charge in [0.2, 0.25) is 0 Å². The Morgan fingerprint density at radius 1 is 1.17 bits per heavy atom. The summed E-state index contributed by atoms with van der Waals surface area (Å²) < 4.78 is 14.3. The van der Waals surface area contributed by atoms with Crippen molar-refractivity contribution in [3.05, 3.63) is 28.1 Å². The van der Waals surface area contributed by atoms with E-state index < -0.39 is 10.7 Å². The molecule has 1 aromatic rings. The molecule has 0 aliphatic carbocycles. The molecular formula is C16H25FN4O2. The number of nitro groups is 1. The molecule has 0 radical (unpaired) electrons. The molecule has 1 fully saturated rings. The van der Waals surface area contributed by atoms with Crippen molar-refractivity contribution in [3.63, 3.8) is 0 Å². The molecule has 0 spiro atoms. The Balaban J connectivity index is 2.39. The van der Waals surface area contributed by atoms with E-state index in [1.807, 2.05) is 23.6 Å². The van der Waals surface area contributed by atoms with Crippen LogP contribution in [0.15, 0.2) is 12.1 Å². The van der Waals surface area contributed by atoms with Crippen molar-refractivity contribution in [1.82, 2.24) is 4.90 Å². The number of hydrogen-bond acceptors (Lipinski definition) is 5. The van der Waals surface area contributed by atoms with Crippen LogP contribution in [0.3, 0.4) is 0 Å². The Kier molecular flexibility index (Phi) is 5.76. The monoisotopic (exact) mass is 324 g/mol. The first kappa shape index (κ1) is 17.5. The molecule has 0 unspecified atom stereocenters. The van der Waals surface area contributed by atoms with Crippen LogP contribution >= 0.6 is 0 Å². The summed E-state index contributed by atoms with van der Waals surface area (Å²) in [5, 5.41) is 11.3. The van der Waals surface area contributed by atoms with Crippen molar-refractivity contribution in [2.24, 2.45) is 0 Å². The van der Waals surface area contributed by atoms with E-state index in [-0.39, 0.29) is 5.69 Å². The molecule has 0 saturated carbocycles. The van der Waals surface area contributed by atoms with Gasteiger partial charge in [0.15, 0.2) is 5.82 Å². The van der Waals surface area contributed by atoms with Crippen LogP contribution in [0.4, 0.5) is 21.5 Å². The summed E-state index contributed by atoms with van der Waals surface area (Å²) in [6.45, 7) is 11.5. The van der Waals surface area contributed by atoms with Crippen LogP contribution in [-0.4, -0.2) is 55.6 Å². The number of hydrogen-bond donors (Lipinski definition) is 0. The fraction of sp³-hybridized carbons (Fsp3) is 0.625. The molecule has 23 heavy (non-hydrogen) atoms. The first-order valence-corrected chi connectivity index (χ1v) is 8.21. The molecule has 1 aliphatic rings. The number of rotatable bonds is 6. The number of halogens is 1. The van der Waals surface area contributed by atoms with Gasteiger partial charge in [0.25, 0.3) is 5.69 Å². The maximum absolute atomic E-state index is 14.3. The molecule has 0 aromatic heterocycles. The van der Waals surface area contributed by atoms with Crippen LogP contribution < -0.4 is 9.80 Å². The maximum Gasteiger partial charge on any atom is 0.295 e. The van der Waals surface area contributed by atoms with E-state index in [9.17, 15) is 14.5 Å². The molecule has 1 saturated heterocycles. The van der Waals surface area contributed by atoms with Gasteiger partial charge in [-0.05, 0) is 26.5 Å². The van der Waals surface area contributed by atoms with Crippen LogP contribution in [-0.2, 0) is 0 Å². The maximum atomic E-state index is 14.3. The predicted octanol–water partition coefficient (Wildman–Crippen LogP) is 2.72. The van der Waals surface area contributed by atoms with E-state index in [1.165, 1.54) is 0 Å². The van der Waals surface area contributed by atoms with Crippen LogP contribution in [0.2, 0.25) is 0 Å². The molecule has 0 N–H and O–H groups in total. The Hall–Kier alpha value is -1.89. The highest BCUT2D eigenvalue weighted by molar-refractivity contribution is 5.71. The molecule has 128 valence electrons. The average Bonchev–Trinajstić information content (AvgIpc) is 2.57. The quantitative estimate of drug-likeness (QED) is 0.595. The highest BCUT2D eigenvalue weighted by Crippen LogP contribution is 2.35. The van der Waals surface area contributed by atoms with E-state index in [2.05, 4.69) is 11.8 Å². The smallest absolute Gasteiger partial charge is 0.295 e.